The van der Waals surface area contributed by atoms with Gasteiger partial charge in [0.15, 0.2) is 6.10 Å². The zero-order chi connectivity index (χ0) is 22.7. The number of hydrogen-bond donors (Lipinski definition) is 2. The zero-order valence-corrected chi connectivity index (χ0v) is 17.9. The van der Waals surface area contributed by atoms with Crippen molar-refractivity contribution < 1.29 is 28.6 Å². The van der Waals surface area contributed by atoms with Gasteiger partial charge in [-0.05, 0) is 37.1 Å². The Kier molecular flexibility index (Phi) is 6.73. The van der Waals surface area contributed by atoms with Crippen LogP contribution in [0, 0.1) is 19.7 Å². The highest BCUT2D eigenvalue weighted by atomic mass is 19.1. The van der Waals surface area contributed by atoms with Crippen molar-refractivity contribution in [2.75, 3.05) is 19.8 Å². The lowest BCUT2D eigenvalue weighted by Gasteiger charge is -2.30. The normalized spacial score (nSPS) is 22.9. The molecule has 3 heterocycles. The van der Waals surface area contributed by atoms with Crippen LogP contribution in [0.2, 0.25) is 0 Å². The molecule has 0 radical (unpaired) electrons. The average molecular weight is 444 g/mol. The Morgan fingerprint density at radius 2 is 2.03 bits per heavy atom. The third-order valence-electron chi connectivity index (χ3n) is 5.35. The number of oxime groups is 1. The fourth-order valence-electron chi connectivity index (χ4n) is 3.55. The van der Waals surface area contributed by atoms with E-state index in [-0.39, 0.29) is 48.9 Å². The number of carbonyl (C=O) groups excluding carboxylic acids is 1. The Balaban J connectivity index is 1.39. The molecule has 2 unspecified atom stereocenters. The van der Waals surface area contributed by atoms with Crippen LogP contribution < -0.4 is 5.32 Å². The predicted octanol–water partition coefficient (Wildman–Crippen LogP) is 1.43. The summed E-state index contributed by atoms with van der Waals surface area (Å²) in [5.41, 5.74) is 2.62. The third-order valence-corrected chi connectivity index (χ3v) is 5.35. The summed E-state index contributed by atoms with van der Waals surface area (Å²) < 4.78 is 24.7. The van der Waals surface area contributed by atoms with Crippen LogP contribution in [0.3, 0.4) is 0 Å². The van der Waals surface area contributed by atoms with E-state index >= 15 is 0 Å². The first-order valence-electron chi connectivity index (χ1n) is 10.4. The second-order valence-corrected chi connectivity index (χ2v) is 7.85. The number of aliphatic hydroxyl groups excluding tert-OH is 1. The first-order chi connectivity index (χ1) is 15.4. The van der Waals surface area contributed by atoms with E-state index in [1.807, 2.05) is 0 Å². The van der Waals surface area contributed by atoms with Crippen molar-refractivity contribution >= 4 is 11.6 Å². The van der Waals surface area contributed by atoms with Gasteiger partial charge in [0.2, 0.25) is 0 Å². The van der Waals surface area contributed by atoms with Crippen LogP contribution in [-0.4, -0.2) is 64.8 Å². The number of halogens is 1. The molecule has 2 aromatic rings. The van der Waals surface area contributed by atoms with E-state index < -0.39 is 0 Å². The molecular weight excluding hydrogens is 419 g/mol. The fourth-order valence-corrected chi connectivity index (χ4v) is 3.55. The molecule has 1 aromatic carbocycles. The lowest BCUT2D eigenvalue weighted by molar-refractivity contribution is -0.178. The average Bonchev–Trinajstić information content (AvgIpc) is 3.30. The van der Waals surface area contributed by atoms with E-state index in [2.05, 4.69) is 20.4 Å². The van der Waals surface area contributed by atoms with E-state index in [1.54, 1.807) is 32.0 Å². The van der Waals surface area contributed by atoms with E-state index in [1.165, 1.54) is 6.07 Å². The Morgan fingerprint density at radius 3 is 2.75 bits per heavy atom. The highest BCUT2D eigenvalue weighted by molar-refractivity contribution is 6.02. The maximum absolute atomic E-state index is 13.4. The Bertz CT molecular complexity index is 1020. The molecule has 2 aliphatic rings. The summed E-state index contributed by atoms with van der Waals surface area (Å²) in [7, 11) is 0. The van der Waals surface area contributed by atoms with Crippen molar-refractivity contribution in [3.8, 4) is 0 Å². The second kappa shape index (κ2) is 9.68. The van der Waals surface area contributed by atoms with Crippen LogP contribution in [-0.2, 0) is 20.9 Å². The van der Waals surface area contributed by atoms with Crippen molar-refractivity contribution in [2.24, 2.45) is 5.16 Å². The molecule has 32 heavy (non-hydrogen) atoms. The molecule has 1 fully saturated rings. The number of rotatable bonds is 6. The largest absolute Gasteiger partial charge is 0.394 e. The van der Waals surface area contributed by atoms with Crippen LogP contribution in [0.5, 0.6) is 0 Å². The molecule has 1 aromatic heterocycles. The molecule has 0 saturated carbocycles. The fraction of sp³-hybridized carbons (Fsp3) is 0.455. The van der Waals surface area contributed by atoms with Gasteiger partial charge in [-0.2, -0.15) is 0 Å². The van der Waals surface area contributed by atoms with Gasteiger partial charge in [-0.15, -0.1) is 0 Å². The predicted molar refractivity (Wildman–Crippen MR) is 112 cm³/mol. The van der Waals surface area contributed by atoms with Crippen molar-refractivity contribution in [3.05, 3.63) is 58.4 Å². The van der Waals surface area contributed by atoms with Gasteiger partial charge in [-0.1, -0.05) is 17.3 Å². The maximum atomic E-state index is 13.4. The number of nitrogens with zero attached hydrogens (tertiary/aromatic N) is 3. The molecule has 170 valence electrons. The zero-order valence-electron chi connectivity index (χ0n) is 17.9. The lowest BCUT2D eigenvalue weighted by Crippen LogP contribution is -2.43. The van der Waals surface area contributed by atoms with Crippen LogP contribution in [0.4, 0.5) is 4.39 Å². The van der Waals surface area contributed by atoms with Crippen LogP contribution in [0.1, 0.15) is 39.6 Å². The van der Waals surface area contributed by atoms with Gasteiger partial charge >= 0.3 is 0 Å². The Morgan fingerprint density at radius 1 is 1.19 bits per heavy atom. The number of nitrogens with one attached hydrogen (secondary N) is 1. The number of aromatic nitrogens is 2. The van der Waals surface area contributed by atoms with E-state index in [4.69, 9.17) is 19.4 Å². The minimum absolute atomic E-state index is 0.0915. The topological polar surface area (TPSA) is 115 Å². The molecule has 1 saturated heterocycles. The van der Waals surface area contributed by atoms with Crippen molar-refractivity contribution in [1.29, 1.82) is 0 Å². The van der Waals surface area contributed by atoms with E-state index in [0.29, 0.717) is 42.4 Å². The molecule has 4 rings (SSSR count). The third kappa shape index (κ3) is 5.09. The minimum Gasteiger partial charge on any atom is -0.394 e. The lowest BCUT2D eigenvalue weighted by atomic mass is 10.0. The molecule has 0 aliphatic carbocycles. The number of aliphatic hydroxyl groups is 1. The summed E-state index contributed by atoms with van der Waals surface area (Å²) in [6.07, 6.45) is -0.509. The Hall–Kier alpha value is -2.95. The minimum atomic E-state index is -0.367. The second-order valence-electron chi connectivity index (χ2n) is 7.85. The van der Waals surface area contributed by atoms with Gasteiger partial charge in [0.05, 0.1) is 25.5 Å². The quantitative estimate of drug-likeness (QED) is 0.693. The monoisotopic (exact) mass is 444 g/mol. The van der Waals surface area contributed by atoms with Gasteiger partial charge in [0.1, 0.15) is 35.3 Å². The highest BCUT2D eigenvalue weighted by Crippen LogP contribution is 2.23. The highest BCUT2D eigenvalue weighted by Gasteiger charge is 2.35. The summed E-state index contributed by atoms with van der Waals surface area (Å²) in [5.74, 6) is -0.222. The molecule has 2 N–H and O–H groups in total. The van der Waals surface area contributed by atoms with Gasteiger partial charge in [0, 0.05) is 13.0 Å². The van der Waals surface area contributed by atoms with E-state index in [0.717, 1.165) is 5.56 Å². The molecule has 1 amide bonds. The summed E-state index contributed by atoms with van der Waals surface area (Å²) in [4.78, 5) is 26.8. The van der Waals surface area contributed by atoms with Gasteiger partial charge in [-0.3, -0.25) is 4.79 Å². The van der Waals surface area contributed by atoms with Crippen LogP contribution >= 0.6 is 0 Å². The summed E-state index contributed by atoms with van der Waals surface area (Å²) in [6, 6.07) is 6.27. The summed E-state index contributed by atoms with van der Waals surface area (Å²) in [5, 5.41) is 16.1. The van der Waals surface area contributed by atoms with Gasteiger partial charge in [-0.25, -0.2) is 14.4 Å². The van der Waals surface area contributed by atoms with Crippen LogP contribution in [0.25, 0.3) is 0 Å². The standard InChI is InChI=1S/C22H25FN4O5/c1-12-5-14(3-4-16(12)23)8-24-22(29)19-6-17(25-13(2)26-19)18-7-20(32-27-18)21-11-30-15(9-28)10-31-21/h3-6,15,20-21,28H,7-11H2,1-2H3,(H,24,29)/t15?,20-,21?/m0/s1. The first kappa shape index (κ1) is 22.3. The Labute approximate surface area is 184 Å². The number of hydrogen-bond acceptors (Lipinski definition) is 8. The van der Waals surface area contributed by atoms with Crippen molar-refractivity contribution in [3.63, 3.8) is 0 Å². The SMILES string of the molecule is Cc1nc(C(=O)NCc2ccc(F)c(C)c2)cc(C2=NO[C@H](C3COC(CO)CO3)C2)n1. The number of amides is 1. The molecule has 0 bridgehead atoms. The summed E-state index contributed by atoms with van der Waals surface area (Å²) >= 11 is 0. The molecule has 3 atom stereocenters. The smallest absolute Gasteiger partial charge is 0.270 e. The molecule has 0 spiro atoms. The molecule has 2 aliphatic heterocycles. The van der Waals surface area contributed by atoms with Gasteiger partial charge < -0.3 is 24.7 Å². The summed E-state index contributed by atoms with van der Waals surface area (Å²) in [6.45, 7) is 4.13. The molecule has 10 heteroatoms. The molecule has 9 nitrogen and oxygen atoms in total. The van der Waals surface area contributed by atoms with Crippen LogP contribution in [0.15, 0.2) is 29.4 Å². The number of benzene rings is 1. The maximum Gasteiger partial charge on any atom is 0.270 e. The van der Waals surface area contributed by atoms with Crippen molar-refractivity contribution in [1.82, 2.24) is 15.3 Å². The number of ether oxygens (including phenoxy) is 2. The van der Waals surface area contributed by atoms with E-state index in [9.17, 15) is 9.18 Å². The number of aryl methyl sites for hydroxylation is 2. The van der Waals surface area contributed by atoms with Crippen molar-refractivity contribution in [2.45, 2.75) is 45.1 Å². The van der Waals surface area contributed by atoms with Gasteiger partial charge in [0.25, 0.3) is 5.91 Å². The first-order valence-corrected chi connectivity index (χ1v) is 10.4. The number of carbonyl (C=O) groups is 1. The molecular formula is C22H25FN4O5.